The number of nitrogens with one attached hydrogen (secondary N) is 2. The maximum Gasteiger partial charge on any atom is 0.0822 e. The van der Waals surface area contributed by atoms with Gasteiger partial charge in [-0.05, 0) is 91.0 Å². The molecule has 6 heteroatoms. The van der Waals surface area contributed by atoms with Crippen molar-refractivity contribution in [3.63, 3.8) is 0 Å². The molecule has 0 atom stereocenters. The van der Waals surface area contributed by atoms with E-state index in [-0.39, 0.29) is 0 Å². The van der Waals surface area contributed by atoms with Crippen LogP contribution >= 0.6 is 0 Å². The van der Waals surface area contributed by atoms with Crippen LogP contribution in [0.3, 0.4) is 0 Å². The van der Waals surface area contributed by atoms with Gasteiger partial charge < -0.3 is 21.4 Å². The Kier molecular flexibility index (Phi) is 15.1. The Morgan fingerprint density at radius 2 is 0.398 bits per heavy atom. The van der Waals surface area contributed by atoms with E-state index in [4.69, 9.17) is 21.5 Å². The SMILES string of the molecule is Nc1ccc(C2=C3N=C(C(c4ccccc4)=C3c3ccccc3)C(c3ccccc3)=c3[nH]c(c(-c4ccccc4)c3-c3ccccc3)=C(c3ccccc3)C3=NC(=C(c4ccc(N)cc4)c4[nH]c2c(-c2ccccc2)c4-c2ccccc2)C(c2ccccc2)=C3c2ccccc2)cc1. The zero-order valence-electron chi connectivity index (χ0n) is 53.5. The van der Waals surface area contributed by atoms with Crippen molar-refractivity contribution in [1.29, 1.82) is 0 Å². The minimum absolute atomic E-state index is 0.642. The second kappa shape index (κ2) is 25.3. The number of aromatic nitrogens is 2. The van der Waals surface area contributed by atoms with Crippen LogP contribution < -0.4 is 22.2 Å². The first-order valence-electron chi connectivity index (χ1n) is 33.2. The number of nitrogens with zero attached hydrogens (tertiary/aromatic N) is 2. The lowest BCUT2D eigenvalue weighted by atomic mass is 9.83. The fraction of sp³-hybridized carbons (Fsp3) is 0. The molecular formula is C92H64N6. The van der Waals surface area contributed by atoms with Crippen molar-refractivity contribution in [3.05, 3.63) is 430 Å². The molecule has 3 aliphatic rings. The zero-order valence-corrected chi connectivity index (χ0v) is 53.5. The summed E-state index contributed by atoms with van der Waals surface area (Å²) in [5, 5.41) is 1.77. The monoisotopic (exact) mass is 1250 g/mol. The Morgan fingerprint density at radius 1 is 0.184 bits per heavy atom. The van der Waals surface area contributed by atoms with Crippen molar-refractivity contribution < 1.29 is 0 Å². The van der Waals surface area contributed by atoms with Crippen molar-refractivity contribution in [2.75, 3.05) is 11.5 Å². The van der Waals surface area contributed by atoms with Gasteiger partial charge in [0, 0.05) is 78.2 Å². The molecule has 6 N–H and O–H groups in total. The highest BCUT2D eigenvalue weighted by molar-refractivity contribution is 6.53. The van der Waals surface area contributed by atoms with Crippen LogP contribution in [0.15, 0.2) is 373 Å². The van der Waals surface area contributed by atoms with Crippen LogP contribution in [0.1, 0.15) is 55.9 Å². The lowest BCUT2D eigenvalue weighted by molar-refractivity contribution is 1.25. The maximum absolute atomic E-state index is 6.82. The second-order valence-corrected chi connectivity index (χ2v) is 24.8. The standard InChI is InChI=1S/C92H64N6/c93-71-55-51-69(52-56-71)83-89-77(63-39-19-5-20-40-63)75(61-35-15-3-16-36-61)87(96-89)81(67-47-27-9-28-48-67)85-73(59-31-11-1-12-32-59)74(60-33-13-2-14-34-60)86(95-85)82(68-49-29-10-30-50-68)88-76(62-37-17-4-18-38-62)78(64-41-21-6-22-42-64)90(97-88)84(70-53-57-72(94)58-54-70)92-80(66-45-25-8-26-46-66)79(91(83)98-92)65-43-23-7-24-44-65/h1-58,95,98H,93-94H2. The van der Waals surface area contributed by atoms with Gasteiger partial charge in [0.15, 0.2) is 0 Å². The third kappa shape index (κ3) is 10.4. The van der Waals surface area contributed by atoms with Crippen LogP contribution in [-0.2, 0) is 0 Å². The van der Waals surface area contributed by atoms with E-state index in [1.165, 1.54) is 0 Å². The van der Waals surface area contributed by atoms with E-state index < -0.39 is 0 Å². The number of fused-ring (bicyclic) bond motifs is 10. The topological polar surface area (TPSA) is 108 Å². The third-order valence-corrected chi connectivity index (χ3v) is 18.9. The highest BCUT2D eigenvalue weighted by Crippen LogP contribution is 2.54. The molecule has 0 saturated heterocycles. The van der Waals surface area contributed by atoms with Gasteiger partial charge >= 0.3 is 0 Å². The van der Waals surface area contributed by atoms with E-state index in [2.05, 4.69) is 338 Å². The third-order valence-electron chi connectivity index (χ3n) is 18.9. The molecule has 17 rings (SSSR count). The highest BCUT2D eigenvalue weighted by Gasteiger charge is 2.39. The van der Waals surface area contributed by atoms with Gasteiger partial charge in [0.1, 0.15) is 0 Å². The number of anilines is 2. The second-order valence-electron chi connectivity index (χ2n) is 24.8. The summed E-state index contributed by atoms with van der Waals surface area (Å²) in [6.07, 6.45) is 0. The van der Waals surface area contributed by atoms with Crippen LogP contribution in [0.25, 0.3) is 89.1 Å². The summed E-state index contributed by atoms with van der Waals surface area (Å²) in [6.45, 7) is 0. The van der Waals surface area contributed by atoms with Crippen LogP contribution in [0.4, 0.5) is 11.4 Å². The summed E-state index contributed by atoms with van der Waals surface area (Å²) in [4.78, 5) is 21.8. The maximum atomic E-state index is 6.82. The summed E-state index contributed by atoms with van der Waals surface area (Å²) < 4.78 is 0. The summed E-state index contributed by atoms with van der Waals surface area (Å²) in [5.74, 6) is 0. The summed E-state index contributed by atoms with van der Waals surface area (Å²) in [6, 6.07) is 125. The Hall–Kier alpha value is -13.2. The van der Waals surface area contributed by atoms with Gasteiger partial charge in [-0.15, -0.1) is 0 Å². The Bertz CT molecular complexity index is 5320. The quantitative estimate of drug-likeness (QED) is 0.0915. The molecule has 462 valence electrons. The molecule has 8 bridgehead atoms. The number of rotatable bonds is 12. The number of aromatic amines is 2. The molecule has 2 aliphatic heterocycles. The molecule has 0 amide bonds. The average Bonchev–Trinajstić information content (AvgIpc) is 1.55. The summed E-state index contributed by atoms with van der Waals surface area (Å²) in [5.41, 5.74) is 43.0. The molecular weight excluding hydrogens is 1190 g/mol. The number of hydrogen-bond acceptors (Lipinski definition) is 4. The molecule has 4 heterocycles. The summed E-state index contributed by atoms with van der Waals surface area (Å²) >= 11 is 0. The van der Waals surface area contributed by atoms with E-state index in [0.29, 0.717) is 11.4 Å². The molecule has 14 aromatic rings. The molecule has 0 radical (unpaired) electrons. The predicted octanol–water partition coefficient (Wildman–Crippen LogP) is 19.9. The van der Waals surface area contributed by atoms with E-state index >= 15 is 0 Å². The van der Waals surface area contributed by atoms with Crippen molar-refractivity contribution in [2.24, 2.45) is 9.98 Å². The smallest absolute Gasteiger partial charge is 0.0822 e. The van der Waals surface area contributed by atoms with Gasteiger partial charge in [-0.2, -0.15) is 0 Å². The van der Waals surface area contributed by atoms with Crippen molar-refractivity contribution in [2.45, 2.75) is 0 Å². The Morgan fingerprint density at radius 3 is 0.663 bits per heavy atom. The van der Waals surface area contributed by atoms with Crippen molar-refractivity contribution in [1.82, 2.24) is 9.97 Å². The van der Waals surface area contributed by atoms with E-state index in [0.717, 1.165) is 179 Å². The number of hydrogen-bond donors (Lipinski definition) is 4. The Balaban J connectivity index is 1.24. The van der Waals surface area contributed by atoms with Gasteiger partial charge in [-0.1, -0.05) is 328 Å². The molecule has 12 aromatic carbocycles. The zero-order chi connectivity index (χ0) is 65.5. The number of benzene rings is 12. The molecule has 1 aliphatic carbocycles. The summed E-state index contributed by atoms with van der Waals surface area (Å²) in [7, 11) is 0. The van der Waals surface area contributed by atoms with Gasteiger partial charge in [0.25, 0.3) is 0 Å². The number of nitrogen functional groups attached to an aromatic ring is 2. The molecule has 98 heavy (non-hydrogen) atoms. The average molecular weight is 1250 g/mol. The lowest BCUT2D eigenvalue weighted by Gasteiger charge is -2.17. The number of aliphatic imine (C=N–C) groups is 2. The molecule has 2 aromatic heterocycles. The molecule has 0 fully saturated rings. The number of allylic oxidation sites excluding steroid dienone is 4. The minimum atomic E-state index is 0.642. The van der Waals surface area contributed by atoms with Crippen LogP contribution in [0.5, 0.6) is 0 Å². The normalized spacial score (nSPS) is 13.7. The lowest BCUT2D eigenvalue weighted by Crippen LogP contribution is -2.23. The number of nitrogens with two attached hydrogens (primary N) is 2. The van der Waals surface area contributed by atoms with E-state index in [1.54, 1.807) is 0 Å². The van der Waals surface area contributed by atoms with Gasteiger partial charge in [-0.3, -0.25) is 0 Å². The largest absolute Gasteiger partial charge is 0.399 e. The number of H-pyrrole nitrogens is 2. The van der Waals surface area contributed by atoms with Crippen molar-refractivity contribution >= 4 is 67.4 Å². The van der Waals surface area contributed by atoms with Crippen molar-refractivity contribution in [3.8, 4) is 44.5 Å². The first-order chi connectivity index (χ1) is 48.5. The Labute approximate surface area is 569 Å². The van der Waals surface area contributed by atoms with Gasteiger partial charge in [0.05, 0.1) is 44.9 Å². The first-order valence-corrected chi connectivity index (χ1v) is 33.2. The van der Waals surface area contributed by atoms with Crippen LogP contribution in [0.2, 0.25) is 0 Å². The molecule has 0 spiro atoms. The van der Waals surface area contributed by atoms with E-state index in [1.807, 2.05) is 24.3 Å². The minimum Gasteiger partial charge on any atom is -0.399 e. The van der Waals surface area contributed by atoms with E-state index in [9.17, 15) is 0 Å². The highest BCUT2D eigenvalue weighted by atomic mass is 14.9. The fourth-order valence-electron chi connectivity index (χ4n) is 14.6. The predicted molar refractivity (Wildman–Crippen MR) is 409 cm³/mol. The van der Waals surface area contributed by atoms with Gasteiger partial charge in [0.2, 0.25) is 0 Å². The fourth-order valence-corrected chi connectivity index (χ4v) is 14.6. The van der Waals surface area contributed by atoms with Crippen LogP contribution in [0, 0.1) is 0 Å². The molecule has 0 unspecified atom stereocenters. The first kappa shape index (κ1) is 58.6. The van der Waals surface area contributed by atoms with Gasteiger partial charge in [-0.25, -0.2) is 9.98 Å². The molecule has 6 nitrogen and oxygen atoms in total. The molecule has 0 saturated carbocycles. The van der Waals surface area contributed by atoms with Crippen LogP contribution in [-0.4, -0.2) is 21.4 Å².